The van der Waals surface area contributed by atoms with Gasteiger partial charge in [0.1, 0.15) is 91.2 Å². The fourth-order valence-corrected chi connectivity index (χ4v) is 16.7. The van der Waals surface area contributed by atoms with Gasteiger partial charge in [0.05, 0.1) is 51.9 Å². The highest BCUT2D eigenvalue weighted by Gasteiger charge is 2.51. The monoisotopic (exact) mass is 1940 g/mol. The highest BCUT2D eigenvalue weighted by molar-refractivity contribution is 5.82. The molecule has 16 atom stereocenters. The van der Waals surface area contributed by atoms with E-state index in [1.165, 1.54) is 69.2 Å². The summed E-state index contributed by atoms with van der Waals surface area (Å²) in [6, 6.07) is 21.8. The van der Waals surface area contributed by atoms with Crippen molar-refractivity contribution in [2.24, 2.45) is 17.8 Å². The van der Waals surface area contributed by atoms with Crippen LogP contribution < -0.4 is 36.1 Å². The van der Waals surface area contributed by atoms with E-state index in [0.29, 0.717) is 80.4 Å². The van der Waals surface area contributed by atoms with Gasteiger partial charge in [-0.05, 0) is 125 Å². The molecule has 7 unspecified atom stereocenters. The number of Topliss-reactive ketones (excluding diaryl/α,β-unsaturated/α-hetero) is 2. The number of benzene rings is 3. The molecular weight excluding hydrogens is 1800 g/mol. The number of ketones is 2. The number of ether oxygens (including phenoxy) is 16. The zero-order chi connectivity index (χ0) is 101. The van der Waals surface area contributed by atoms with E-state index in [1.54, 1.807) is 69.1 Å². The second-order valence-electron chi connectivity index (χ2n) is 35.0. The van der Waals surface area contributed by atoms with Gasteiger partial charge in [0, 0.05) is 178 Å². The quantitative estimate of drug-likeness (QED) is 0.0155. The number of hydrogen-bond acceptors (Lipinski definition) is 32. The third kappa shape index (κ3) is 40.8. The van der Waals surface area contributed by atoms with E-state index in [4.69, 9.17) is 75.8 Å². The average molecular weight is 1950 g/mol. The Bertz CT molecular complexity index is 4330. The summed E-state index contributed by atoms with van der Waals surface area (Å²) in [7, 11) is 3.11. The molecule has 0 spiro atoms. The molecule has 0 aromatic heterocycles. The predicted molar refractivity (Wildman–Crippen MR) is 496 cm³/mol. The zero-order valence-electron chi connectivity index (χ0n) is 82.5. The Labute approximate surface area is 808 Å². The first-order valence-corrected chi connectivity index (χ1v) is 47.6. The lowest BCUT2D eigenvalue weighted by atomic mass is 9.80. The topological polar surface area (TPSA) is 487 Å². The summed E-state index contributed by atoms with van der Waals surface area (Å²) in [5, 5.41) is 14.3. The van der Waals surface area contributed by atoms with Crippen LogP contribution in [-0.2, 0) is 149 Å². The van der Waals surface area contributed by atoms with Crippen molar-refractivity contribution in [2.45, 2.75) is 304 Å². The second-order valence-corrected chi connectivity index (χ2v) is 35.0. The molecule has 3 saturated heterocycles. The number of carbonyl (C=O) groups is 16. The molecule has 39 heteroatoms. The van der Waals surface area contributed by atoms with Crippen LogP contribution in [-0.4, -0.2) is 284 Å². The molecule has 3 heterocycles. The van der Waals surface area contributed by atoms with Crippen LogP contribution in [0.15, 0.2) is 78.9 Å². The van der Waals surface area contributed by atoms with Gasteiger partial charge in [0.2, 0.25) is 41.4 Å². The van der Waals surface area contributed by atoms with Crippen molar-refractivity contribution < 1.29 is 153 Å². The van der Waals surface area contributed by atoms with E-state index < -0.39 is 163 Å². The van der Waals surface area contributed by atoms with Gasteiger partial charge in [-0.2, -0.15) is 0 Å². The molecule has 0 saturated carbocycles. The molecule has 7 amide bonds. The smallest absolute Gasteiger partial charge is 0.306 e. The van der Waals surface area contributed by atoms with Crippen molar-refractivity contribution in [3.05, 3.63) is 95.6 Å². The third-order valence-corrected chi connectivity index (χ3v) is 23.6. The number of rotatable bonds is 62. The summed E-state index contributed by atoms with van der Waals surface area (Å²) in [6.45, 7) is 17.8. The highest BCUT2D eigenvalue weighted by Crippen LogP contribution is 2.43. The van der Waals surface area contributed by atoms with Crippen LogP contribution in [0.1, 0.15) is 235 Å². The number of nitrogens with zero attached hydrogens (tertiary/aromatic N) is 2. The molecule has 0 radical (unpaired) electrons. The van der Waals surface area contributed by atoms with Crippen molar-refractivity contribution in [1.82, 2.24) is 36.4 Å². The molecule has 138 heavy (non-hydrogen) atoms. The first-order chi connectivity index (χ1) is 65.8. The highest BCUT2D eigenvalue weighted by atomic mass is 16.7. The summed E-state index contributed by atoms with van der Waals surface area (Å²) in [4.78, 5) is 209. The fraction of sp³-hybridized carbons (Fsp3) is 0.657. The maximum absolute atomic E-state index is 14.7. The minimum atomic E-state index is -1.34. The van der Waals surface area contributed by atoms with E-state index >= 15 is 0 Å². The lowest BCUT2D eigenvalue weighted by Crippen LogP contribution is -2.62. The van der Waals surface area contributed by atoms with Crippen LogP contribution in [0.2, 0.25) is 0 Å². The first-order valence-electron chi connectivity index (χ1n) is 47.6. The molecule has 3 fully saturated rings. The summed E-state index contributed by atoms with van der Waals surface area (Å²) in [6.07, 6.45) is -5.42. The van der Waals surface area contributed by atoms with E-state index in [0.717, 1.165) is 5.56 Å². The van der Waals surface area contributed by atoms with Crippen LogP contribution in [0.4, 0.5) is 0 Å². The molecule has 5 N–H and O–H groups in total. The summed E-state index contributed by atoms with van der Waals surface area (Å²) < 4.78 is 93.7. The molecular formula is C99H145N7O32. The lowest BCUT2D eigenvalue weighted by Gasteiger charge is -2.44. The van der Waals surface area contributed by atoms with Gasteiger partial charge in [0.15, 0.2) is 18.9 Å². The Hall–Kier alpha value is -11.1. The minimum absolute atomic E-state index is 0.00586. The third-order valence-electron chi connectivity index (χ3n) is 23.6. The van der Waals surface area contributed by atoms with Crippen molar-refractivity contribution in [3.8, 4) is 11.5 Å². The Kier molecular flexibility index (Phi) is 51.4. The van der Waals surface area contributed by atoms with E-state index in [-0.39, 0.29) is 191 Å². The average Bonchev–Trinajstić information content (AvgIpc) is 0.747. The number of hydrogen-bond donors (Lipinski definition) is 5. The van der Waals surface area contributed by atoms with Crippen LogP contribution in [0.5, 0.6) is 11.5 Å². The summed E-state index contributed by atoms with van der Waals surface area (Å²) >= 11 is 0. The molecule has 0 aliphatic carbocycles. The number of methoxy groups -OCH3 is 2. The number of unbranched alkanes of at least 4 members (excludes halogenated alkanes) is 5. The van der Waals surface area contributed by atoms with Gasteiger partial charge >= 0.3 is 41.8 Å². The molecule has 3 aliphatic rings. The van der Waals surface area contributed by atoms with Crippen molar-refractivity contribution in [2.75, 3.05) is 99.7 Å². The van der Waals surface area contributed by atoms with Crippen LogP contribution in [0.25, 0.3) is 0 Å². The van der Waals surface area contributed by atoms with Gasteiger partial charge in [0.25, 0.3) is 0 Å². The Balaban J connectivity index is 1.17. The van der Waals surface area contributed by atoms with Crippen LogP contribution in [0.3, 0.4) is 0 Å². The standard InChI is InChI=1S/C99H145N7O32/c1-62(107)39-48-89(122)135-81(58-131-99(75-31-17-16-18-32-75,76-40-44-79(123-14)45-41-76)77-42-46-80(124-15)47-43-77)57-101-86(119)35-19-20-37-87(120)106(51-29-49-100-85(118)36-23-27-55-126-97-91(103-67(6)109)64(3)94(133-73(12)115)83(137-97)60-129-70(9)112)53-30-52-105(88(121)38-24-28-56-127-98-92(104-68(7)110)65(4)95(134-74(13)116)84(138-98)61-130-71(10)113)50-25-21-33-78(117)34-22-26-54-125-96-90(102-66(5)108)63(2)93(132-72(11)114)82(136-96)59-128-69(8)111/h16-18,31-32,40-47,63-65,81-84,90-98H,19-30,33-39,48-61H2,1-15H3,(H,100,118)(H,101,119)(H,102,108)(H,103,109)(H,104,110)/t63-,64-,65-,81?,82?,83?,84?,90?,91?,92?,93-,94-,95-,96-,97-,98-/m1/s1. The summed E-state index contributed by atoms with van der Waals surface area (Å²) in [5.74, 6) is -7.39. The molecule has 0 bridgehead atoms. The van der Waals surface area contributed by atoms with E-state index in [2.05, 4.69) is 26.6 Å². The van der Waals surface area contributed by atoms with E-state index in [1.807, 2.05) is 54.6 Å². The van der Waals surface area contributed by atoms with Crippen LogP contribution >= 0.6 is 0 Å². The number of carbonyl (C=O) groups excluding carboxylic acids is 16. The lowest BCUT2D eigenvalue weighted by molar-refractivity contribution is -0.262. The number of nitrogens with one attached hydrogen (secondary N) is 5. The fourth-order valence-electron chi connectivity index (χ4n) is 16.7. The van der Waals surface area contributed by atoms with Crippen LogP contribution in [0, 0.1) is 17.8 Å². The van der Waals surface area contributed by atoms with Gasteiger partial charge in [-0.1, -0.05) is 75.4 Å². The van der Waals surface area contributed by atoms with Crippen molar-refractivity contribution in [3.63, 3.8) is 0 Å². The zero-order valence-corrected chi connectivity index (χ0v) is 82.5. The maximum Gasteiger partial charge on any atom is 0.306 e. The van der Waals surface area contributed by atoms with Gasteiger partial charge in [-0.25, -0.2) is 0 Å². The largest absolute Gasteiger partial charge is 0.497 e. The molecule has 6 rings (SSSR count). The predicted octanol–water partition coefficient (Wildman–Crippen LogP) is 7.91. The normalized spacial score (nSPS) is 21.3. The number of amides is 7. The molecule has 768 valence electrons. The molecule has 3 aromatic rings. The van der Waals surface area contributed by atoms with Gasteiger partial charge in [-0.3, -0.25) is 71.9 Å². The van der Waals surface area contributed by atoms with Gasteiger partial charge < -0.3 is 117 Å². The second kappa shape index (κ2) is 61.4. The van der Waals surface area contributed by atoms with Gasteiger partial charge in [-0.15, -0.1) is 0 Å². The Morgan fingerprint density at radius 1 is 0.384 bits per heavy atom. The first kappa shape index (κ1) is 116. The SMILES string of the molecule is COc1ccc(C(OCC(CNC(=O)CCCCC(=O)N(CCCNC(=O)CCCCO[C@@H]2OC(COC(C)=O)[C@H](OC(C)=O)[C@H](C)C2NC(C)=O)CCCN(CCCCC(=O)CCCCO[C@@H]2OC(COC(C)=O)[C@H](OC(C)=O)[C@H](C)C2NC(C)=O)C(=O)CCCCO[C@@H]2OC(COC(C)=O)[C@H](OC(C)=O)[C@H](C)C2NC(C)=O)OC(=O)CCC(C)=O)(c2ccccc2)c2ccc(OC)cc2)cc1. The number of esters is 7. The van der Waals surface area contributed by atoms with E-state index in [9.17, 15) is 76.7 Å². The molecule has 39 nitrogen and oxygen atoms in total. The minimum Gasteiger partial charge on any atom is -0.497 e. The molecule has 3 aliphatic heterocycles. The Morgan fingerprint density at radius 3 is 1.12 bits per heavy atom. The van der Waals surface area contributed by atoms with Crippen molar-refractivity contribution in [1.29, 1.82) is 0 Å². The molecule has 3 aromatic carbocycles. The maximum atomic E-state index is 14.7. The van der Waals surface area contributed by atoms with Crippen molar-refractivity contribution >= 4 is 94.7 Å². The Morgan fingerprint density at radius 2 is 0.739 bits per heavy atom. The summed E-state index contributed by atoms with van der Waals surface area (Å²) in [5.41, 5.74) is 0.776.